The Morgan fingerprint density at radius 3 is 3.00 bits per heavy atom. The van der Waals surface area contributed by atoms with E-state index in [1.165, 1.54) is 29.6 Å². The summed E-state index contributed by atoms with van der Waals surface area (Å²) in [6.07, 6.45) is 0.930. The van der Waals surface area contributed by atoms with Gasteiger partial charge in [-0.25, -0.2) is 4.98 Å². The topological polar surface area (TPSA) is 81.3 Å². The van der Waals surface area contributed by atoms with Gasteiger partial charge in [0.05, 0.1) is 11.8 Å². The first kappa shape index (κ1) is 13.1. The lowest BCUT2D eigenvalue weighted by Crippen LogP contribution is -2.20. The van der Waals surface area contributed by atoms with Gasteiger partial charge in [0.1, 0.15) is 18.7 Å². The average Bonchev–Trinajstić information content (AvgIpc) is 2.88. The highest BCUT2D eigenvalue weighted by Crippen LogP contribution is 2.21. The van der Waals surface area contributed by atoms with Crippen LogP contribution in [0.1, 0.15) is 0 Å². The quantitative estimate of drug-likeness (QED) is 0.620. The van der Waals surface area contributed by atoms with Crippen molar-refractivity contribution in [1.29, 1.82) is 0 Å². The minimum Gasteiger partial charge on any atom is -0.489 e. The first-order valence-electron chi connectivity index (χ1n) is 5.30. The summed E-state index contributed by atoms with van der Waals surface area (Å²) >= 11 is 2.77. The minimum atomic E-state index is -0.571. The van der Waals surface area contributed by atoms with Crippen molar-refractivity contribution in [2.45, 2.75) is 10.4 Å². The van der Waals surface area contributed by atoms with E-state index >= 15 is 0 Å². The molecule has 2 rings (SSSR count). The number of benzene rings is 1. The molecule has 0 saturated heterocycles. The number of nitrogen functional groups attached to an aromatic ring is 1. The maximum absolute atomic E-state index is 9.77. The molecule has 1 aromatic carbocycles. The molecule has 2 aromatic rings. The maximum Gasteiger partial charge on any atom is 0.169 e. The van der Waals surface area contributed by atoms with E-state index in [0.29, 0.717) is 17.2 Å². The van der Waals surface area contributed by atoms with E-state index in [4.69, 9.17) is 10.5 Å². The minimum absolute atomic E-state index is 0.208. The molecule has 1 heterocycles. The summed E-state index contributed by atoms with van der Waals surface area (Å²) in [6.45, 7) is 0.208. The van der Waals surface area contributed by atoms with Crippen LogP contribution >= 0.6 is 23.3 Å². The van der Waals surface area contributed by atoms with Crippen molar-refractivity contribution >= 4 is 29.0 Å². The highest BCUT2D eigenvalue weighted by molar-refractivity contribution is 8.00. The molecular weight excluding hydrogens is 270 g/mol. The van der Waals surface area contributed by atoms with Gasteiger partial charge in [-0.3, -0.25) is 0 Å². The highest BCUT2D eigenvalue weighted by atomic mass is 32.2. The molecule has 0 aliphatic rings. The number of nitrogens with zero attached hydrogens (tertiary/aromatic N) is 2. The fourth-order valence-corrected chi connectivity index (χ4v) is 2.62. The third-order valence-corrected chi connectivity index (χ3v) is 4.03. The van der Waals surface area contributed by atoms with E-state index in [1.54, 1.807) is 12.1 Å². The normalized spacial score (nSPS) is 12.3. The molecule has 18 heavy (non-hydrogen) atoms. The molecule has 0 bridgehead atoms. The van der Waals surface area contributed by atoms with E-state index in [0.717, 1.165) is 4.34 Å². The van der Waals surface area contributed by atoms with Crippen LogP contribution in [0.25, 0.3) is 0 Å². The summed E-state index contributed by atoms with van der Waals surface area (Å²) in [5, 5.41) is 9.77. The Morgan fingerprint density at radius 2 is 2.28 bits per heavy atom. The molecule has 1 aromatic heterocycles. The Morgan fingerprint density at radius 1 is 1.44 bits per heavy atom. The predicted molar refractivity (Wildman–Crippen MR) is 73.0 cm³/mol. The molecule has 96 valence electrons. The molecule has 0 radical (unpaired) electrons. The number of ether oxygens (including phenoxy) is 1. The summed E-state index contributed by atoms with van der Waals surface area (Å²) in [6, 6.07) is 7.22. The van der Waals surface area contributed by atoms with Gasteiger partial charge in [0.25, 0.3) is 0 Å². The zero-order valence-corrected chi connectivity index (χ0v) is 11.2. The first-order chi connectivity index (χ1) is 8.75. The summed E-state index contributed by atoms with van der Waals surface area (Å²) in [5.41, 5.74) is 6.30. The molecule has 0 amide bonds. The van der Waals surface area contributed by atoms with Gasteiger partial charge in [-0.05, 0) is 23.7 Å². The van der Waals surface area contributed by atoms with E-state index in [9.17, 15) is 5.11 Å². The van der Waals surface area contributed by atoms with Crippen molar-refractivity contribution < 1.29 is 9.84 Å². The van der Waals surface area contributed by atoms with Gasteiger partial charge >= 0.3 is 0 Å². The first-order valence-corrected chi connectivity index (χ1v) is 7.06. The fourth-order valence-electron chi connectivity index (χ4n) is 1.24. The lowest BCUT2D eigenvalue weighted by molar-refractivity contribution is 0.127. The Labute approximate surface area is 113 Å². The summed E-state index contributed by atoms with van der Waals surface area (Å²) < 4.78 is 10.2. The molecular formula is C11H13N3O2S2. The molecule has 0 fully saturated rings. The van der Waals surface area contributed by atoms with Gasteiger partial charge in [-0.2, -0.15) is 4.37 Å². The van der Waals surface area contributed by atoms with Gasteiger partial charge in [-0.1, -0.05) is 23.9 Å². The van der Waals surface area contributed by atoms with Crippen LogP contribution in [-0.4, -0.2) is 32.9 Å². The van der Waals surface area contributed by atoms with Gasteiger partial charge in [0, 0.05) is 5.75 Å². The number of thioether (sulfide) groups is 1. The number of para-hydroxylation sites is 2. The van der Waals surface area contributed by atoms with Crippen molar-refractivity contribution in [3.05, 3.63) is 30.6 Å². The van der Waals surface area contributed by atoms with Gasteiger partial charge < -0.3 is 15.6 Å². The van der Waals surface area contributed by atoms with Crippen molar-refractivity contribution in [2.24, 2.45) is 0 Å². The number of aliphatic hydroxyl groups excluding tert-OH is 1. The fraction of sp³-hybridized carbons (Fsp3) is 0.273. The van der Waals surface area contributed by atoms with Crippen LogP contribution < -0.4 is 10.5 Å². The third-order valence-electron chi connectivity index (χ3n) is 2.09. The second-order valence-electron chi connectivity index (χ2n) is 3.52. The predicted octanol–water partition coefficient (Wildman–Crippen LogP) is 1.65. The van der Waals surface area contributed by atoms with E-state index < -0.39 is 6.10 Å². The van der Waals surface area contributed by atoms with Crippen LogP contribution in [-0.2, 0) is 0 Å². The molecule has 1 atom stereocenters. The Bertz CT molecular complexity index is 479. The lowest BCUT2D eigenvalue weighted by Gasteiger charge is -2.12. The smallest absolute Gasteiger partial charge is 0.169 e. The van der Waals surface area contributed by atoms with Gasteiger partial charge in [-0.15, -0.1) is 0 Å². The molecule has 7 heteroatoms. The monoisotopic (exact) mass is 283 g/mol. The molecule has 0 spiro atoms. The van der Waals surface area contributed by atoms with Crippen LogP contribution in [0.3, 0.4) is 0 Å². The number of nitrogens with two attached hydrogens (primary N) is 1. The summed E-state index contributed by atoms with van der Waals surface area (Å²) in [5.74, 6) is 1.11. The molecule has 1 unspecified atom stereocenters. The Balaban J connectivity index is 1.75. The number of rotatable bonds is 6. The van der Waals surface area contributed by atoms with Crippen LogP contribution in [0.2, 0.25) is 0 Å². The zero-order valence-electron chi connectivity index (χ0n) is 9.52. The van der Waals surface area contributed by atoms with Crippen LogP contribution in [0.15, 0.2) is 34.9 Å². The van der Waals surface area contributed by atoms with Crippen molar-refractivity contribution in [1.82, 2.24) is 9.36 Å². The Kier molecular flexibility index (Phi) is 4.80. The molecule has 3 N–H and O–H groups in total. The SMILES string of the molecule is Nc1ccccc1OCC(O)CSc1ncns1. The lowest BCUT2D eigenvalue weighted by atomic mass is 10.3. The maximum atomic E-state index is 9.77. The Hall–Kier alpha value is -1.31. The third kappa shape index (κ3) is 3.86. The summed E-state index contributed by atoms with van der Waals surface area (Å²) in [4.78, 5) is 4.02. The molecule has 0 aliphatic heterocycles. The second-order valence-corrected chi connectivity index (χ2v) is 5.57. The zero-order chi connectivity index (χ0) is 12.8. The summed E-state index contributed by atoms with van der Waals surface area (Å²) in [7, 11) is 0. The van der Waals surface area contributed by atoms with E-state index in [1.807, 2.05) is 12.1 Å². The second kappa shape index (κ2) is 6.58. The van der Waals surface area contributed by atoms with Crippen molar-refractivity contribution in [2.75, 3.05) is 18.1 Å². The largest absolute Gasteiger partial charge is 0.489 e. The number of hydrogen-bond acceptors (Lipinski definition) is 7. The van der Waals surface area contributed by atoms with Crippen LogP contribution in [0.5, 0.6) is 5.75 Å². The van der Waals surface area contributed by atoms with E-state index in [2.05, 4.69) is 9.36 Å². The van der Waals surface area contributed by atoms with Gasteiger partial charge in [0.15, 0.2) is 4.34 Å². The van der Waals surface area contributed by atoms with Crippen LogP contribution in [0, 0.1) is 0 Å². The number of anilines is 1. The standard InChI is InChI=1S/C11H13N3O2S2/c12-9-3-1-2-4-10(9)16-5-8(15)6-17-11-13-7-14-18-11/h1-4,7-8,15H,5-6,12H2. The average molecular weight is 283 g/mol. The highest BCUT2D eigenvalue weighted by Gasteiger charge is 2.08. The van der Waals surface area contributed by atoms with Crippen molar-refractivity contribution in [3.8, 4) is 5.75 Å². The van der Waals surface area contributed by atoms with E-state index in [-0.39, 0.29) is 6.61 Å². The molecule has 0 saturated carbocycles. The van der Waals surface area contributed by atoms with Gasteiger partial charge in [0.2, 0.25) is 0 Å². The number of hydrogen-bond donors (Lipinski definition) is 2. The molecule has 5 nitrogen and oxygen atoms in total. The van der Waals surface area contributed by atoms with Crippen LogP contribution in [0.4, 0.5) is 5.69 Å². The van der Waals surface area contributed by atoms with Crippen molar-refractivity contribution in [3.63, 3.8) is 0 Å². The number of aliphatic hydroxyl groups is 1. The number of aromatic nitrogens is 2. The molecule has 0 aliphatic carbocycles.